The highest BCUT2D eigenvalue weighted by molar-refractivity contribution is 6.00. The highest BCUT2D eigenvalue weighted by atomic mass is 16.5. The quantitative estimate of drug-likeness (QED) is 0.772. The molecule has 1 aromatic rings. The summed E-state index contributed by atoms with van der Waals surface area (Å²) in [5, 5.41) is 0. The Balaban J connectivity index is 2.24. The van der Waals surface area contributed by atoms with Gasteiger partial charge in [-0.1, -0.05) is 0 Å². The molecule has 16 heavy (non-hydrogen) atoms. The van der Waals surface area contributed by atoms with Crippen molar-refractivity contribution in [3.05, 3.63) is 30.1 Å². The lowest BCUT2D eigenvalue weighted by Gasteiger charge is -2.34. The first-order chi connectivity index (χ1) is 7.78. The fourth-order valence-corrected chi connectivity index (χ4v) is 2.09. The minimum Gasteiger partial charge on any atom is -0.381 e. The zero-order valence-corrected chi connectivity index (χ0v) is 9.19. The first-order valence-electron chi connectivity index (χ1n) is 5.51. The largest absolute Gasteiger partial charge is 0.381 e. The summed E-state index contributed by atoms with van der Waals surface area (Å²) in [4.78, 5) is 16.4. The molecule has 0 unspecified atom stereocenters. The van der Waals surface area contributed by atoms with Crippen LogP contribution in [0, 0.1) is 5.41 Å². The van der Waals surface area contributed by atoms with Crippen LogP contribution in [-0.4, -0.2) is 30.5 Å². The van der Waals surface area contributed by atoms with E-state index in [2.05, 4.69) is 4.98 Å². The minimum absolute atomic E-state index is 0.103. The molecule has 0 aliphatic carbocycles. The summed E-state index contributed by atoms with van der Waals surface area (Å²) in [6.45, 7) is 1.61. The Morgan fingerprint density at radius 1 is 1.50 bits per heavy atom. The van der Waals surface area contributed by atoms with Gasteiger partial charge in [0.15, 0.2) is 5.78 Å². The monoisotopic (exact) mass is 220 g/mol. The normalized spacial score (nSPS) is 19.3. The predicted octanol–water partition coefficient (Wildman–Crippen LogP) is 1.02. The fourth-order valence-electron chi connectivity index (χ4n) is 2.09. The van der Waals surface area contributed by atoms with Gasteiger partial charge < -0.3 is 10.5 Å². The Morgan fingerprint density at radius 2 is 2.25 bits per heavy atom. The first kappa shape index (κ1) is 11.2. The van der Waals surface area contributed by atoms with Crippen molar-refractivity contribution in [1.82, 2.24) is 4.98 Å². The van der Waals surface area contributed by atoms with Gasteiger partial charge >= 0.3 is 0 Å². The summed E-state index contributed by atoms with van der Waals surface area (Å²) in [7, 11) is 0. The van der Waals surface area contributed by atoms with Gasteiger partial charge in [-0.15, -0.1) is 0 Å². The van der Waals surface area contributed by atoms with Crippen LogP contribution in [0.4, 0.5) is 0 Å². The molecule has 4 nitrogen and oxygen atoms in total. The molecular weight excluding hydrogens is 204 g/mol. The van der Waals surface area contributed by atoms with Gasteiger partial charge in [0.25, 0.3) is 0 Å². The van der Waals surface area contributed by atoms with E-state index in [1.807, 2.05) is 0 Å². The predicted molar refractivity (Wildman–Crippen MR) is 60.1 cm³/mol. The van der Waals surface area contributed by atoms with Gasteiger partial charge in [0.1, 0.15) is 0 Å². The Morgan fingerprint density at radius 3 is 2.81 bits per heavy atom. The van der Waals surface area contributed by atoms with Gasteiger partial charge in [-0.3, -0.25) is 9.78 Å². The molecule has 2 heterocycles. The van der Waals surface area contributed by atoms with Crippen LogP contribution in [0.2, 0.25) is 0 Å². The van der Waals surface area contributed by atoms with Crippen molar-refractivity contribution in [1.29, 1.82) is 0 Å². The number of carbonyl (C=O) groups excluding carboxylic acids is 1. The Hall–Kier alpha value is -1.26. The maximum absolute atomic E-state index is 12.4. The zero-order valence-electron chi connectivity index (χ0n) is 9.19. The molecule has 0 radical (unpaired) electrons. The van der Waals surface area contributed by atoms with E-state index in [0.717, 1.165) is 0 Å². The number of ether oxygens (including phenoxy) is 1. The van der Waals surface area contributed by atoms with Gasteiger partial charge in [-0.05, 0) is 25.0 Å². The van der Waals surface area contributed by atoms with Gasteiger partial charge in [-0.25, -0.2) is 0 Å². The number of ketones is 1. The summed E-state index contributed by atoms with van der Waals surface area (Å²) in [5.74, 6) is 0.103. The third-order valence-corrected chi connectivity index (χ3v) is 3.25. The summed E-state index contributed by atoms with van der Waals surface area (Å²) < 4.78 is 5.29. The number of hydrogen-bond acceptors (Lipinski definition) is 4. The lowest BCUT2D eigenvalue weighted by molar-refractivity contribution is 0.0200. The number of nitrogens with zero attached hydrogens (tertiary/aromatic N) is 1. The second kappa shape index (κ2) is 4.72. The van der Waals surface area contributed by atoms with Gasteiger partial charge in [0.05, 0.1) is 5.41 Å². The lowest BCUT2D eigenvalue weighted by Crippen LogP contribution is -2.43. The van der Waals surface area contributed by atoms with Gasteiger partial charge in [-0.2, -0.15) is 0 Å². The molecule has 0 bridgehead atoms. The van der Waals surface area contributed by atoms with E-state index in [1.165, 1.54) is 0 Å². The van der Waals surface area contributed by atoms with Crippen molar-refractivity contribution in [3.63, 3.8) is 0 Å². The second-order valence-corrected chi connectivity index (χ2v) is 4.17. The molecule has 1 aliphatic heterocycles. The molecular formula is C12H16N2O2. The summed E-state index contributed by atoms with van der Waals surface area (Å²) in [5.41, 5.74) is 5.98. The zero-order chi connectivity index (χ0) is 11.4. The molecule has 86 valence electrons. The van der Waals surface area contributed by atoms with E-state index in [0.29, 0.717) is 38.2 Å². The molecule has 4 heteroatoms. The van der Waals surface area contributed by atoms with E-state index >= 15 is 0 Å². The summed E-state index contributed by atoms with van der Waals surface area (Å²) in [6.07, 6.45) is 4.68. The van der Waals surface area contributed by atoms with Crippen molar-refractivity contribution in [2.24, 2.45) is 11.1 Å². The van der Waals surface area contributed by atoms with Crippen molar-refractivity contribution >= 4 is 5.78 Å². The molecule has 0 amide bonds. The van der Waals surface area contributed by atoms with Crippen molar-refractivity contribution in [2.45, 2.75) is 12.8 Å². The molecule has 1 saturated heterocycles. The highest BCUT2D eigenvalue weighted by Gasteiger charge is 2.39. The number of Topliss-reactive ketones (excluding diaryl/α,β-unsaturated/α-hetero) is 1. The van der Waals surface area contributed by atoms with Gasteiger partial charge in [0.2, 0.25) is 0 Å². The topological polar surface area (TPSA) is 65.2 Å². The SMILES string of the molecule is NCC1(C(=O)c2cccnc2)CCOCC1. The van der Waals surface area contributed by atoms with Crippen LogP contribution < -0.4 is 5.73 Å². The number of hydrogen-bond donors (Lipinski definition) is 1. The number of nitrogens with two attached hydrogens (primary N) is 1. The molecule has 0 saturated carbocycles. The van der Waals surface area contributed by atoms with Crippen molar-refractivity contribution in [3.8, 4) is 0 Å². The molecule has 0 atom stereocenters. The van der Waals surface area contributed by atoms with Crippen LogP contribution in [0.15, 0.2) is 24.5 Å². The molecule has 1 fully saturated rings. The van der Waals surface area contributed by atoms with E-state index in [-0.39, 0.29) is 5.78 Å². The number of carbonyl (C=O) groups is 1. The van der Waals surface area contributed by atoms with E-state index in [9.17, 15) is 4.79 Å². The van der Waals surface area contributed by atoms with E-state index in [4.69, 9.17) is 10.5 Å². The molecule has 0 spiro atoms. The highest BCUT2D eigenvalue weighted by Crippen LogP contribution is 2.32. The van der Waals surface area contributed by atoms with Gasteiger partial charge in [0, 0.05) is 37.7 Å². The standard InChI is InChI=1S/C12H16N2O2/c13-9-12(3-6-16-7-4-12)11(15)10-2-1-5-14-8-10/h1-2,5,8H,3-4,6-7,9,13H2. The lowest BCUT2D eigenvalue weighted by atomic mass is 9.74. The van der Waals surface area contributed by atoms with Crippen molar-refractivity contribution < 1.29 is 9.53 Å². The van der Waals surface area contributed by atoms with Crippen molar-refractivity contribution in [2.75, 3.05) is 19.8 Å². The summed E-state index contributed by atoms with van der Waals surface area (Å²) in [6, 6.07) is 3.57. The second-order valence-electron chi connectivity index (χ2n) is 4.17. The molecule has 0 aromatic carbocycles. The van der Waals surface area contributed by atoms with Crippen LogP contribution in [0.1, 0.15) is 23.2 Å². The third kappa shape index (κ3) is 1.99. The molecule has 1 aromatic heterocycles. The third-order valence-electron chi connectivity index (χ3n) is 3.25. The first-order valence-corrected chi connectivity index (χ1v) is 5.51. The maximum Gasteiger partial charge on any atom is 0.171 e. The average Bonchev–Trinajstić information content (AvgIpc) is 2.39. The number of aromatic nitrogens is 1. The molecule has 1 aliphatic rings. The summed E-state index contributed by atoms with van der Waals surface area (Å²) >= 11 is 0. The average molecular weight is 220 g/mol. The molecule has 2 N–H and O–H groups in total. The fraction of sp³-hybridized carbons (Fsp3) is 0.500. The van der Waals surface area contributed by atoms with Crippen LogP contribution in [0.3, 0.4) is 0 Å². The Labute approximate surface area is 94.8 Å². The van der Waals surface area contributed by atoms with Crippen LogP contribution in [-0.2, 0) is 4.74 Å². The van der Waals surface area contributed by atoms with Crippen LogP contribution in [0.25, 0.3) is 0 Å². The van der Waals surface area contributed by atoms with Crippen LogP contribution in [0.5, 0.6) is 0 Å². The number of pyridine rings is 1. The Bertz CT molecular complexity index is 359. The van der Waals surface area contributed by atoms with E-state index in [1.54, 1.807) is 24.5 Å². The molecule has 2 rings (SSSR count). The van der Waals surface area contributed by atoms with Crippen LogP contribution >= 0.6 is 0 Å². The Kier molecular flexibility index (Phi) is 3.31. The minimum atomic E-state index is -0.443. The number of rotatable bonds is 3. The van der Waals surface area contributed by atoms with E-state index < -0.39 is 5.41 Å². The maximum atomic E-state index is 12.4. The smallest absolute Gasteiger partial charge is 0.171 e.